The third-order valence-corrected chi connectivity index (χ3v) is 5.28. The molecule has 1 amide bonds. The molecule has 2 atom stereocenters. The number of nitrogens with one attached hydrogen (secondary N) is 1. The zero-order valence-corrected chi connectivity index (χ0v) is 18.8. The summed E-state index contributed by atoms with van der Waals surface area (Å²) in [5, 5.41) is 2.42. The van der Waals surface area contributed by atoms with Crippen LogP contribution in [0.1, 0.15) is 73.2 Å². The fourth-order valence-electron chi connectivity index (χ4n) is 3.56. The third kappa shape index (κ3) is 5.21. The number of rotatable bonds is 6. The number of ether oxygens (including phenoxy) is 1. The Morgan fingerprint density at radius 1 is 0.938 bits per heavy atom. The van der Waals surface area contributed by atoms with Crippen molar-refractivity contribution in [1.82, 2.24) is 5.32 Å². The topological polar surface area (TPSA) is 72.5 Å². The summed E-state index contributed by atoms with van der Waals surface area (Å²) in [7, 11) is 0. The Morgan fingerprint density at radius 2 is 1.50 bits per heavy atom. The summed E-state index contributed by atoms with van der Waals surface area (Å²) < 4.78 is 33.2. The summed E-state index contributed by atoms with van der Waals surface area (Å²) in [6.45, 7) is 8.41. The maximum Gasteiger partial charge on any atom is 0.310 e. The summed E-state index contributed by atoms with van der Waals surface area (Å²) >= 11 is 0. The molecule has 7 heteroatoms. The molecule has 0 saturated heterocycles. The number of halogens is 2. The molecule has 32 heavy (non-hydrogen) atoms. The monoisotopic (exact) mass is 443 g/mol. The second kappa shape index (κ2) is 8.45. The zero-order chi connectivity index (χ0) is 23.8. The van der Waals surface area contributed by atoms with Crippen LogP contribution in [0.3, 0.4) is 0 Å². The van der Waals surface area contributed by atoms with E-state index in [0.29, 0.717) is 12.0 Å². The van der Waals surface area contributed by atoms with Crippen molar-refractivity contribution >= 4 is 17.7 Å². The van der Waals surface area contributed by atoms with Gasteiger partial charge in [0.1, 0.15) is 22.8 Å². The third-order valence-electron chi connectivity index (χ3n) is 5.28. The van der Waals surface area contributed by atoms with Crippen LogP contribution in [0.4, 0.5) is 8.78 Å². The lowest BCUT2D eigenvalue weighted by Gasteiger charge is -2.25. The lowest BCUT2D eigenvalue weighted by atomic mass is 9.91. The molecular formula is C25H27F2NO4. The number of Topliss-reactive ketones (excluding diaryl/α,β-unsaturated/α-hetero) is 1. The van der Waals surface area contributed by atoms with Gasteiger partial charge >= 0.3 is 5.97 Å². The van der Waals surface area contributed by atoms with E-state index in [4.69, 9.17) is 4.74 Å². The van der Waals surface area contributed by atoms with Gasteiger partial charge in [0.2, 0.25) is 0 Å². The normalized spacial score (nSPS) is 18.1. The summed E-state index contributed by atoms with van der Waals surface area (Å²) in [5.41, 5.74) is -1.41. The average molecular weight is 443 g/mol. The van der Waals surface area contributed by atoms with Crippen LogP contribution in [0.15, 0.2) is 42.5 Å². The first kappa shape index (κ1) is 23.6. The van der Waals surface area contributed by atoms with Gasteiger partial charge in [-0.2, -0.15) is 0 Å². The number of carbonyl (C=O) groups excluding carboxylic acids is 3. The Balaban J connectivity index is 1.67. The molecule has 1 N–H and O–H groups in total. The molecule has 0 heterocycles. The van der Waals surface area contributed by atoms with Gasteiger partial charge in [-0.3, -0.25) is 14.4 Å². The minimum Gasteiger partial charge on any atom is -0.460 e. The Hall–Kier alpha value is -3.09. The van der Waals surface area contributed by atoms with E-state index in [2.05, 4.69) is 5.32 Å². The summed E-state index contributed by atoms with van der Waals surface area (Å²) in [5.74, 6) is -3.79. The van der Waals surface area contributed by atoms with Crippen LogP contribution >= 0.6 is 0 Å². The van der Waals surface area contributed by atoms with E-state index in [-0.39, 0.29) is 17.8 Å². The fourth-order valence-corrected chi connectivity index (χ4v) is 3.56. The number of benzene rings is 2. The molecule has 0 aliphatic heterocycles. The highest BCUT2D eigenvalue weighted by Crippen LogP contribution is 2.48. The molecule has 1 fully saturated rings. The van der Waals surface area contributed by atoms with Crippen LogP contribution in [-0.2, 0) is 9.53 Å². The van der Waals surface area contributed by atoms with Gasteiger partial charge in [-0.25, -0.2) is 8.78 Å². The number of ketones is 1. The van der Waals surface area contributed by atoms with E-state index in [0.717, 1.165) is 23.8 Å². The lowest BCUT2D eigenvalue weighted by molar-refractivity contribution is -0.156. The quantitative estimate of drug-likeness (QED) is 0.514. The van der Waals surface area contributed by atoms with Crippen molar-refractivity contribution in [2.24, 2.45) is 5.92 Å². The Labute approximate surface area is 186 Å². The predicted octanol–water partition coefficient (Wildman–Crippen LogP) is 4.80. The molecule has 5 nitrogen and oxygen atoms in total. The number of hydrogen-bond acceptors (Lipinski definition) is 4. The summed E-state index contributed by atoms with van der Waals surface area (Å²) in [4.78, 5) is 37.6. The molecular weight excluding hydrogens is 416 g/mol. The molecule has 2 unspecified atom stereocenters. The predicted molar refractivity (Wildman–Crippen MR) is 115 cm³/mol. The second-order valence-electron chi connectivity index (χ2n) is 9.61. The fraction of sp³-hybridized carbons (Fsp3) is 0.400. The van der Waals surface area contributed by atoms with E-state index in [9.17, 15) is 23.2 Å². The minimum atomic E-state index is -1.40. The molecule has 2 aromatic carbocycles. The van der Waals surface area contributed by atoms with Crippen LogP contribution in [0.5, 0.6) is 0 Å². The van der Waals surface area contributed by atoms with Crippen LogP contribution < -0.4 is 5.32 Å². The summed E-state index contributed by atoms with van der Waals surface area (Å²) in [6.07, 6.45) is 0.692. The van der Waals surface area contributed by atoms with Crippen LogP contribution in [-0.4, -0.2) is 28.8 Å². The number of esters is 1. The van der Waals surface area contributed by atoms with Gasteiger partial charge in [-0.1, -0.05) is 30.3 Å². The molecule has 2 aromatic rings. The minimum absolute atomic E-state index is 0.0470. The van der Waals surface area contributed by atoms with Crippen molar-refractivity contribution in [2.45, 2.75) is 58.1 Å². The maximum atomic E-state index is 13.9. The van der Waals surface area contributed by atoms with Gasteiger partial charge in [-0.05, 0) is 64.7 Å². The number of carbonyl (C=O) groups is 3. The zero-order valence-electron chi connectivity index (χ0n) is 18.8. The number of hydrogen-bond donors (Lipinski definition) is 1. The smallest absolute Gasteiger partial charge is 0.310 e. The molecule has 0 bridgehead atoms. The van der Waals surface area contributed by atoms with E-state index < -0.39 is 40.0 Å². The lowest BCUT2D eigenvalue weighted by Crippen LogP contribution is -2.50. The van der Waals surface area contributed by atoms with Crippen molar-refractivity contribution < 1.29 is 27.9 Å². The standard InChI is InChI=1S/C25H27F2NO4/c1-24(2,3)32-23(31)17-13-16(17)14-9-11-15(12-10-14)21(29)25(4,5)28-22(30)20-18(26)7-6-8-19(20)27/h6-12,16-17H,13H2,1-5H3,(H,28,30). The van der Waals surface area contributed by atoms with Gasteiger partial charge < -0.3 is 10.1 Å². The maximum absolute atomic E-state index is 13.9. The molecule has 1 aliphatic carbocycles. The Morgan fingerprint density at radius 3 is 2.03 bits per heavy atom. The van der Waals surface area contributed by atoms with Crippen molar-refractivity contribution in [2.75, 3.05) is 0 Å². The largest absolute Gasteiger partial charge is 0.460 e. The van der Waals surface area contributed by atoms with E-state index in [1.807, 2.05) is 20.8 Å². The van der Waals surface area contributed by atoms with E-state index in [1.54, 1.807) is 24.3 Å². The highest BCUT2D eigenvalue weighted by molar-refractivity contribution is 6.06. The van der Waals surface area contributed by atoms with Crippen molar-refractivity contribution in [1.29, 1.82) is 0 Å². The average Bonchev–Trinajstić information content (AvgIpc) is 3.47. The highest BCUT2D eigenvalue weighted by Gasteiger charge is 2.46. The molecule has 1 saturated carbocycles. The second-order valence-corrected chi connectivity index (χ2v) is 9.61. The number of amides is 1. The Bertz CT molecular complexity index is 1030. The van der Waals surface area contributed by atoms with Crippen molar-refractivity contribution in [3.63, 3.8) is 0 Å². The van der Waals surface area contributed by atoms with Crippen LogP contribution in [0, 0.1) is 17.6 Å². The first-order valence-electron chi connectivity index (χ1n) is 10.4. The molecule has 1 aliphatic rings. The van der Waals surface area contributed by atoms with E-state index >= 15 is 0 Å². The van der Waals surface area contributed by atoms with Crippen LogP contribution in [0.2, 0.25) is 0 Å². The molecule has 3 rings (SSSR count). The SMILES string of the molecule is CC(C)(C)OC(=O)C1CC1c1ccc(C(=O)C(C)(C)NC(=O)c2c(F)cccc2F)cc1. The molecule has 0 radical (unpaired) electrons. The van der Waals surface area contributed by atoms with Gasteiger partial charge in [0, 0.05) is 5.56 Å². The summed E-state index contributed by atoms with van der Waals surface area (Å²) in [6, 6.07) is 9.92. The first-order chi connectivity index (χ1) is 14.8. The first-order valence-corrected chi connectivity index (χ1v) is 10.4. The molecule has 0 spiro atoms. The van der Waals surface area contributed by atoms with E-state index in [1.165, 1.54) is 13.8 Å². The van der Waals surface area contributed by atoms with Gasteiger partial charge in [0.25, 0.3) is 5.91 Å². The van der Waals surface area contributed by atoms with Gasteiger partial charge in [-0.15, -0.1) is 0 Å². The van der Waals surface area contributed by atoms with Crippen LogP contribution in [0.25, 0.3) is 0 Å². The molecule has 170 valence electrons. The van der Waals surface area contributed by atoms with Crippen molar-refractivity contribution in [3.8, 4) is 0 Å². The Kier molecular flexibility index (Phi) is 6.22. The van der Waals surface area contributed by atoms with Gasteiger partial charge in [0.15, 0.2) is 5.78 Å². The van der Waals surface area contributed by atoms with Crippen molar-refractivity contribution in [3.05, 3.63) is 70.8 Å². The van der Waals surface area contributed by atoms with Gasteiger partial charge in [0.05, 0.1) is 11.5 Å². The highest BCUT2D eigenvalue weighted by atomic mass is 19.1. The molecule has 0 aromatic heterocycles.